The van der Waals surface area contributed by atoms with Crippen LogP contribution in [-0.4, -0.2) is 20.0 Å². The Morgan fingerprint density at radius 1 is 0.524 bits per heavy atom. The number of hydrogen-bond donors (Lipinski definition) is 0. The quantitative estimate of drug-likeness (QED) is 0.0792. The van der Waals surface area contributed by atoms with Gasteiger partial charge in [-0.25, -0.2) is 12.9 Å². The Balaban J connectivity index is 0.000000231. The van der Waals surface area contributed by atoms with Crippen molar-refractivity contribution in [3.63, 3.8) is 0 Å². The van der Waals surface area contributed by atoms with Gasteiger partial charge in [0.25, 0.3) is 0 Å². The lowest BCUT2D eigenvalue weighted by Gasteiger charge is -2.33. The van der Waals surface area contributed by atoms with E-state index in [1.807, 2.05) is 0 Å². The molecule has 0 amide bonds. The predicted molar refractivity (Wildman–Crippen MR) is 176 cm³/mol. The van der Waals surface area contributed by atoms with Crippen molar-refractivity contribution < 1.29 is 13.0 Å². The fourth-order valence-electron chi connectivity index (χ4n) is 5.38. The standard InChI is InChI=1S/C19H18N.C18H30O3S/c1-20(17-11-5-2-6-12-17,18-13-7-3-8-14-18)19-15-9-4-10-16-19;1-2-3-4-5-6-7-8-9-10-11-14-17-15-12-13-16-18(17)22(19,20)21/h2-16H,1H3;12-13,15-16H,2-11,14H2,1H3,(H,19,20,21)/q+1;/p-1. The Bertz CT molecular complexity index is 1290. The number of aryl methyl sites for hydroxylation is 1. The van der Waals surface area contributed by atoms with Crippen LogP contribution < -0.4 is 4.48 Å². The molecule has 4 nitrogen and oxygen atoms in total. The molecule has 0 atom stereocenters. The lowest BCUT2D eigenvalue weighted by atomic mass is 10.0. The minimum atomic E-state index is -4.35. The van der Waals surface area contributed by atoms with Crippen molar-refractivity contribution in [1.82, 2.24) is 4.48 Å². The normalized spacial score (nSPS) is 11.5. The number of rotatable bonds is 15. The Kier molecular flexibility index (Phi) is 14.0. The van der Waals surface area contributed by atoms with Gasteiger partial charge in [0, 0.05) is 0 Å². The molecule has 0 aliphatic carbocycles. The zero-order chi connectivity index (χ0) is 30.1. The molecule has 4 aromatic rings. The maximum Gasteiger partial charge on any atom is 0.142 e. The van der Waals surface area contributed by atoms with E-state index in [0.717, 1.165) is 12.8 Å². The summed E-state index contributed by atoms with van der Waals surface area (Å²) >= 11 is 0. The monoisotopic (exact) mass is 585 g/mol. The van der Waals surface area contributed by atoms with Crippen LogP contribution in [0, 0.1) is 0 Å². The molecule has 0 aliphatic rings. The minimum Gasteiger partial charge on any atom is -0.744 e. The van der Waals surface area contributed by atoms with Crippen molar-refractivity contribution in [3.05, 3.63) is 121 Å². The number of benzene rings is 4. The molecule has 0 spiro atoms. The summed E-state index contributed by atoms with van der Waals surface area (Å²) in [6.07, 6.45) is 13.2. The zero-order valence-corrected chi connectivity index (χ0v) is 26.1. The topological polar surface area (TPSA) is 57.2 Å². The van der Waals surface area contributed by atoms with E-state index in [1.54, 1.807) is 18.2 Å². The highest BCUT2D eigenvalue weighted by molar-refractivity contribution is 7.85. The van der Waals surface area contributed by atoms with Crippen LogP contribution in [0.15, 0.2) is 120 Å². The van der Waals surface area contributed by atoms with Crippen molar-refractivity contribution in [2.75, 3.05) is 7.05 Å². The van der Waals surface area contributed by atoms with Crippen molar-refractivity contribution in [2.45, 2.75) is 82.4 Å². The van der Waals surface area contributed by atoms with E-state index in [4.69, 9.17) is 0 Å². The molecule has 0 bridgehead atoms. The molecule has 5 heteroatoms. The number of quaternary nitrogens is 1. The molecule has 0 fully saturated rings. The number of hydrogen-bond acceptors (Lipinski definition) is 3. The van der Waals surface area contributed by atoms with Gasteiger partial charge in [-0.1, -0.05) is 138 Å². The van der Waals surface area contributed by atoms with Crippen LogP contribution in [-0.2, 0) is 16.5 Å². The largest absolute Gasteiger partial charge is 0.744 e. The van der Waals surface area contributed by atoms with Crippen LogP contribution >= 0.6 is 0 Å². The molecular formula is C37H47NO3S. The highest BCUT2D eigenvalue weighted by atomic mass is 32.2. The minimum absolute atomic E-state index is 0.0501. The summed E-state index contributed by atoms with van der Waals surface area (Å²) < 4.78 is 34.2. The summed E-state index contributed by atoms with van der Waals surface area (Å²) in [5.74, 6) is 0. The van der Waals surface area contributed by atoms with Crippen molar-refractivity contribution >= 4 is 27.2 Å². The summed E-state index contributed by atoms with van der Waals surface area (Å²) in [7, 11) is -2.11. The second kappa shape index (κ2) is 17.6. The highest BCUT2D eigenvalue weighted by Gasteiger charge is 2.30. The van der Waals surface area contributed by atoms with Crippen LogP contribution in [0.2, 0.25) is 0 Å². The second-order valence-electron chi connectivity index (χ2n) is 11.0. The van der Waals surface area contributed by atoms with E-state index in [2.05, 4.69) is 105 Å². The summed E-state index contributed by atoms with van der Waals surface area (Å²) in [6, 6.07) is 38.4. The third kappa shape index (κ3) is 10.2. The van der Waals surface area contributed by atoms with Crippen LogP contribution in [0.1, 0.15) is 76.7 Å². The molecule has 0 unspecified atom stereocenters. The molecule has 0 aliphatic heterocycles. The molecule has 0 heterocycles. The lowest BCUT2D eigenvalue weighted by molar-refractivity contribution is 0.461. The summed E-state index contributed by atoms with van der Waals surface area (Å²) in [4.78, 5) is -0.0501. The van der Waals surface area contributed by atoms with E-state index >= 15 is 0 Å². The summed E-state index contributed by atoms with van der Waals surface area (Å²) in [5.41, 5.74) is 4.43. The van der Waals surface area contributed by atoms with Crippen molar-refractivity contribution in [1.29, 1.82) is 0 Å². The first-order chi connectivity index (χ1) is 20.4. The summed E-state index contributed by atoms with van der Waals surface area (Å²) in [6.45, 7) is 2.23. The van der Waals surface area contributed by atoms with E-state index in [9.17, 15) is 13.0 Å². The maximum absolute atomic E-state index is 11.2. The molecule has 224 valence electrons. The van der Waals surface area contributed by atoms with Gasteiger partial charge in [0.05, 0.1) is 11.9 Å². The van der Waals surface area contributed by atoms with Gasteiger partial charge in [-0.05, 0) is 60.9 Å². The number of nitrogens with zero attached hydrogens (tertiary/aromatic N) is 1. The molecule has 4 aromatic carbocycles. The predicted octanol–water partition coefficient (Wildman–Crippen LogP) is 10.3. The Morgan fingerprint density at radius 3 is 1.29 bits per heavy atom. The molecule has 0 saturated heterocycles. The second-order valence-corrected chi connectivity index (χ2v) is 12.4. The first kappa shape index (κ1) is 33.3. The van der Waals surface area contributed by atoms with E-state index < -0.39 is 10.1 Å². The highest BCUT2D eigenvalue weighted by Crippen LogP contribution is 2.41. The van der Waals surface area contributed by atoms with Gasteiger partial charge < -0.3 is 4.55 Å². The van der Waals surface area contributed by atoms with Gasteiger partial charge in [-0.2, -0.15) is 0 Å². The van der Waals surface area contributed by atoms with Crippen LogP contribution in [0.5, 0.6) is 0 Å². The van der Waals surface area contributed by atoms with E-state index in [0.29, 0.717) is 16.5 Å². The van der Waals surface area contributed by atoms with Crippen molar-refractivity contribution in [2.24, 2.45) is 0 Å². The average Bonchev–Trinajstić information content (AvgIpc) is 3.03. The Morgan fingerprint density at radius 2 is 0.881 bits per heavy atom. The van der Waals surface area contributed by atoms with Gasteiger partial charge in [0.1, 0.15) is 27.2 Å². The number of unbranched alkanes of at least 4 members (excludes halogenated alkanes) is 9. The van der Waals surface area contributed by atoms with Crippen LogP contribution in [0.25, 0.3) is 0 Å². The van der Waals surface area contributed by atoms with Gasteiger partial charge in [0.2, 0.25) is 0 Å². The maximum atomic E-state index is 11.2. The fourth-order valence-corrected chi connectivity index (χ4v) is 6.12. The van der Waals surface area contributed by atoms with Crippen LogP contribution in [0.3, 0.4) is 0 Å². The third-order valence-corrected chi connectivity index (χ3v) is 8.80. The molecular weight excluding hydrogens is 538 g/mol. The molecule has 0 aromatic heterocycles. The van der Waals surface area contributed by atoms with Gasteiger partial charge in [0.15, 0.2) is 0 Å². The first-order valence-corrected chi connectivity index (χ1v) is 16.9. The van der Waals surface area contributed by atoms with E-state index in [1.165, 1.54) is 74.5 Å². The smallest absolute Gasteiger partial charge is 0.142 e. The van der Waals surface area contributed by atoms with Crippen LogP contribution in [0.4, 0.5) is 17.1 Å². The number of para-hydroxylation sites is 3. The average molecular weight is 586 g/mol. The first-order valence-electron chi connectivity index (χ1n) is 15.4. The SMILES string of the molecule is CCCCCCCCCCCCc1ccccc1S(=O)(=O)[O-].C[N+](c1ccccc1)(c1ccccc1)c1ccccc1. The molecule has 4 rings (SSSR count). The fraction of sp³-hybridized carbons (Fsp3) is 0.351. The zero-order valence-electron chi connectivity index (χ0n) is 25.3. The Hall–Kier alpha value is -3.25. The molecule has 0 radical (unpaired) electrons. The molecule has 42 heavy (non-hydrogen) atoms. The lowest BCUT2D eigenvalue weighted by Crippen LogP contribution is -2.33. The van der Waals surface area contributed by atoms with Crippen molar-refractivity contribution in [3.8, 4) is 0 Å². The van der Waals surface area contributed by atoms with Gasteiger partial charge in [-0.15, -0.1) is 0 Å². The molecule has 0 N–H and O–H groups in total. The molecule has 0 saturated carbocycles. The van der Waals surface area contributed by atoms with Gasteiger partial charge in [-0.3, -0.25) is 0 Å². The summed E-state index contributed by atoms with van der Waals surface area (Å²) in [5, 5.41) is 0. The van der Waals surface area contributed by atoms with Gasteiger partial charge >= 0.3 is 0 Å². The van der Waals surface area contributed by atoms with E-state index in [-0.39, 0.29) is 4.90 Å². The Labute approximate surface area is 254 Å². The third-order valence-electron chi connectivity index (χ3n) is 7.86.